The Morgan fingerprint density at radius 1 is 1.00 bits per heavy atom. The van der Waals surface area contributed by atoms with Gasteiger partial charge in [-0.2, -0.15) is 0 Å². The maximum atomic E-state index is 14.5. The molecule has 5 rings (SSSR count). The molecule has 0 atom stereocenters. The zero-order chi connectivity index (χ0) is 22.5. The molecule has 0 bridgehead atoms. The number of aromatic nitrogens is 3. The second-order valence-electron chi connectivity index (χ2n) is 7.50. The molecule has 5 nitrogen and oxygen atoms in total. The number of alkyl halides is 2. The van der Waals surface area contributed by atoms with Crippen molar-refractivity contribution < 1.29 is 22.3 Å². The third-order valence-corrected chi connectivity index (χ3v) is 5.29. The second-order valence-corrected chi connectivity index (χ2v) is 7.50. The first kappa shape index (κ1) is 20.2. The van der Waals surface area contributed by atoms with Crippen molar-refractivity contribution in [2.45, 2.75) is 5.92 Å². The van der Waals surface area contributed by atoms with Crippen molar-refractivity contribution in [1.29, 1.82) is 0 Å². The molecule has 1 aliphatic rings. The molecule has 0 amide bonds. The maximum Gasteiger partial charge on any atom is 0.282 e. The highest BCUT2D eigenvalue weighted by Crippen LogP contribution is 2.41. The van der Waals surface area contributed by atoms with Crippen LogP contribution in [-0.4, -0.2) is 41.1 Å². The number of fused-ring (bicyclic) bond motifs is 1. The summed E-state index contributed by atoms with van der Waals surface area (Å²) < 4.78 is 61.1. The minimum absolute atomic E-state index is 0.0152. The zero-order valence-electron chi connectivity index (χ0n) is 16.8. The normalized spacial score (nSPS) is 15.0. The van der Waals surface area contributed by atoms with E-state index in [2.05, 4.69) is 15.0 Å². The quantitative estimate of drug-likeness (QED) is 0.413. The number of halogens is 4. The van der Waals surface area contributed by atoms with Crippen LogP contribution in [0.15, 0.2) is 54.9 Å². The molecule has 2 aromatic carbocycles. The molecule has 32 heavy (non-hydrogen) atoms. The Morgan fingerprint density at radius 3 is 2.50 bits per heavy atom. The lowest BCUT2D eigenvalue weighted by atomic mass is 10.0. The van der Waals surface area contributed by atoms with Gasteiger partial charge in [0.05, 0.1) is 20.2 Å². The van der Waals surface area contributed by atoms with Gasteiger partial charge in [-0.05, 0) is 35.9 Å². The number of benzene rings is 2. The lowest BCUT2D eigenvalue weighted by Gasteiger charge is -2.40. The van der Waals surface area contributed by atoms with Gasteiger partial charge in [0, 0.05) is 28.9 Å². The summed E-state index contributed by atoms with van der Waals surface area (Å²) in [4.78, 5) is 14.6. The van der Waals surface area contributed by atoms with Crippen molar-refractivity contribution in [2.75, 3.05) is 25.1 Å². The Kier molecular flexibility index (Phi) is 4.69. The van der Waals surface area contributed by atoms with Crippen molar-refractivity contribution in [2.24, 2.45) is 0 Å². The molecule has 2 aromatic heterocycles. The number of hydrogen-bond acceptors (Lipinski definition) is 5. The summed E-state index contributed by atoms with van der Waals surface area (Å²) in [6.45, 7) is -1.01. The van der Waals surface area contributed by atoms with Crippen LogP contribution in [0.2, 0.25) is 0 Å². The van der Waals surface area contributed by atoms with Crippen molar-refractivity contribution in [3.8, 4) is 28.3 Å². The zero-order valence-corrected chi connectivity index (χ0v) is 16.8. The first-order valence-corrected chi connectivity index (χ1v) is 9.74. The number of rotatable bonds is 4. The fraction of sp³-hybridized carbons (Fsp3) is 0.174. The minimum atomic E-state index is -2.83. The van der Waals surface area contributed by atoms with Crippen LogP contribution in [0, 0.1) is 11.6 Å². The van der Waals surface area contributed by atoms with Gasteiger partial charge in [-0.3, -0.25) is 4.98 Å². The molecule has 9 heteroatoms. The van der Waals surface area contributed by atoms with Crippen LogP contribution >= 0.6 is 0 Å². The highest BCUT2D eigenvalue weighted by molar-refractivity contribution is 5.98. The molecule has 162 valence electrons. The van der Waals surface area contributed by atoms with E-state index in [9.17, 15) is 17.6 Å². The summed E-state index contributed by atoms with van der Waals surface area (Å²) in [6, 6.07) is 10.4. The Hall–Kier alpha value is -3.75. The molecule has 0 N–H and O–H groups in total. The lowest BCUT2D eigenvalue weighted by Crippen LogP contribution is -2.56. The van der Waals surface area contributed by atoms with Gasteiger partial charge in [0.1, 0.15) is 17.1 Å². The number of anilines is 1. The summed E-state index contributed by atoms with van der Waals surface area (Å²) in [5, 5.41) is 0.395. The van der Waals surface area contributed by atoms with Gasteiger partial charge < -0.3 is 9.64 Å². The second kappa shape index (κ2) is 7.44. The van der Waals surface area contributed by atoms with Crippen molar-refractivity contribution in [3.05, 3.63) is 66.5 Å². The molecular formula is C23H16F4N4O. The number of nitrogens with zero attached hydrogens (tertiary/aromatic N) is 4. The third kappa shape index (κ3) is 3.39. The highest BCUT2D eigenvalue weighted by Gasteiger charge is 2.45. The molecule has 4 aromatic rings. The van der Waals surface area contributed by atoms with Gasteiger partial charge in [-0.25, -0.2) is 27.5 Å². The van der Waals surface area contributed by atoms with Crippen LogP contribution in [0.4, 0.5) is 23.4 Å². The first-order chi connectivity index (χ1) is 15.4. The summed E-state index contributed by atoms with van der Waals surface area (Å²) in [6.07, 6.45) is 3.17. The molecule has 0 spiro atoms. The monoisotopic (exact) mass is 440 g/mol. The highest BCUT2D eigenvalue weighted by atomic mass is 19.3. The van der Waals surface area contributed by atoms with Gasteiger partial charge in [0.15, 0.2) is 17.5 Å². The van der Waals surface area contributed by atoms with Crippen molar-refractivity contribution >= 4 is 16.7 Å². The molecule has 0 saturated carbocycles. The Labute approximate surface area is 180 Å². The van der Waals surface area contributed by atoms with Crippen LogP contribution < -0.4 is 9.64 Å². The van der Waals surface area contributed by atoms with E-state index >= 15 is 0 Å². The van der Waals surface area contributed by atoms with Crippen LogP contribution in [0.25, 0.3) is 33.4 Å². The number of methoxy groups -OCH3 is 1. The minimum Gasteiger partial charge on any atom is -0.494 e. The summed E-state index contributed by atoms with van der Waals surface area (Å²) in [5.74, 6) is -4.01. The van der Waals surface area contributed by atoms with Crippen LogP contribution in [0.3, 0.4) is 0 Å². The van der Waals surface area contributed by atoms with Crippen molar-refractivity contribution in [3.63, 3.8) is 0 Å². The van der Waals surface area contributed by atoms with E-state index in [1.807, 2.05) is 0 Å². The predicted octanol–water partition coefficient (Wildman–Crippen LogP) is 5.10. The number of ether oxygens (including phenoxy) is 1. The molecule has 0 unspecified atom stereocenters. The van der Waals surface area contributed by atoms with Crippen LogP contribution in [0.1, 0.15) is 0 Å². The van der Waals surface area contributed by atoms with E-state index in [4.69, 9.17) is 4.74 Å². The fourth-order valence-electron chi connectivity index (χ4n) is 3.75. The van der Waals surface area contributed by atoms with Gasteiger partial charge in [0.25, 0.3) is 5.92 Å². The van der Waals surface area contributed by atoms with Gasteiger partial charge in [-0.15, -0.1) is 0 Å². The van der Waals surface area contributed by atoms with E-state index in [0.29, 0.717) is 27.9 Å². The molecule has 1 saturated heterocycles. The molecule has 0 aliphatic carbocycles. The first-order valence-electron chi connectivity index (χ1n) is 9.74. The Morgan fingerprint density at radius 2 is 1.81 bits per heavy atom. The third-order valence-electron chi connectivity index (χ3n) is 5.29. The van der Waals surface area contributed by atoms with E-state index in [1.165, 1.54) is 30.2 Å². The van der Waals surface area contributed by atoms with Crippen LogP contribution in [0.5, 0.6) is 5.75 Å². The largest absolute Gasteiger partial charge is 0.494 e. The predicted molar refractivity (Wildman–Crippen MR) is 112 cm³/mol. The standard InChI is InChI=1S/C23H16F4N4O/c1-32-18-9-14(15-5-2-6-17(24)19(15)25)8-16-20(18)29-21(13-4-3-7-28-10-13)30-22(16)31-11-23(26,27)12-31/h2-10H,11-12H2,1H3. The van der Waals surface area contributed by atoms with E-state index in [0.717, 1.165) is 6.07 Å². The molecule has 1 fully saturated rings. The summed E-state index contributed by atoms with van der Waals surface area (Å²) in [7, 11) is 1.42. The van der Waals surface area contributed by atoms with E-state index in [1.54, 1.807) is 30.6 Å². The Bertz CT molecular complexity index is 1320. The molecular weight excluding hydrogens is 424 g/mol. The van der Waals surface area contributed by atoms with E-state index < -0.39 is 30.6 Å². The molecule has 0 radical (unpaired) electrons. The number of pyridine rings is 1. The summed E-state index contributed by atoms with van der Waals surface area (Å²) >= 11 is 0. The van der Waals surface area contributed by atoms with Crippen LogP contribution in [-0.2, 0) is 0 Å². The SMILES string of the molecule is COc1cc(-c2cccc(F)c2F)cc2c(N3CC(F)(F)C3)nc(-c3cccnc3)nc12. The fourth-order valence-corrected chi connectivity index (χ4v) is 3.75. The topological polar surface area (TPSA) is 51.1 Å². The van der Waals surface area contributed by atoms with Gasteiger partial charge >= 0.3 is 0 Å². The lowest BCUT2D eigenvalue weighted by molar-refractivity contribution is -0.0265. The smallest absolute Gasteiger partial charge is 0.282 e. The van der Waals surface area contributed by atoms with Gasteiger partial charge in [-0.1, -0.05) is 12.1 Å². The maximum absolute atomic E-state index is 14.5. The Balaban J connectivity index is 1.77. The van der Waals surface area contributed by atoms with Gasteiger partial charge in [0.2, 0.25) is 0 Å². The number of hydrogen-bond donors (Lipinski definition) is 0. The average Bonchev–Trinajstić information content (AvgIpc) is 2.78. The van der Waals surface area contributed by atoms with Crippen molar-refractivity contribution in [1.82, 2.24) is 15.0 Å². The molecule has 1 aliphatic heterocycles. The average molecular weight is 440 g/mol. The molecule has 3 heterocycles. The summed E-state index contributed by atoms with van der Waals surface area (Å²) in [5.41, 5.74) is 1.30. The van der Waals surface area contributed by atoms with E-state index in [-0.39, 0.29) is 17.1 Å².